The van der Waals surface area contributed by atoms with Gasteiger partial charge in [0.2, 0.25) is 0 Å². The minimum atomic E-state index is 0.507. The molecule has 1 aliphatic carbocycles. The fraction of sp³-hybridized carbons (Fsp3) is 0.278. The standard InChI is InChI=1S/C18H17ClN2OS/c19-13-7-9-14(10-8-13)20-18-21(15-4-1-2-5-15)16(12-23-18)17-6-3-11-22-17/h3,6-12,15H,1-2,4-5H2. The van der Waals surface area contributed by atoms with Crippen molar-refractivity contribution in [2.45, 2.75) is 31.7 Å². The minimum Gasteiger partial charge on any atom is -0.463 e. The lowest BCUT2D eigenvalue weighted by Gasteiger charge is -2.14. The van der Waals surface area contributed by atoms with E-state index in [1.165, 1.54) is 25.7 Å². The Morgan fingerprint density at radius 3 is 2.61 bits per heavy atom. The van der Waals surface area contributed by atoms with E-state index in [0.717, 1.165) is 27.0 Å². The van der Waals surface area contributed by atoms with Crippen LogP contribution in [0.5, 0.6) is 0 Å². The van der Waals surface area contributed by atoms with Crippen LogP contribution in [0.3, 0.4) is 0 Å². The van der Waals surface area contributed by atoms with Crippen molar-refractivity contribution in [3.05, 3.63) is 57.9 Å². The Bertz CT molecular complexity index is 840. The number of nitrogens with zero attached hydrogens (tertiary/aromatic N) is 2. The Morgan fingerprint density at radius 1 is 1.13 bits per heavy atom. The Morgan fingerprint density at radius 2 is 1.91 bits per heavy atom. The first-order valence-corrected chi connectivity index (χ1v) is 9.11. The maximum absolute atomic E-state index is 5.96. The fourth-order valence-electron chi connectivity index (χ4n) is 3.15. The molecule has 118 valence electrons. The van der Waals surface area contributed by atoms with E-state index in [2.05, 4.69) is 9.95 Å². The van der Waals surface area contributed by atoms with Gasteiger partial charge >= 0.3 is 0 Å². The second-order valence-corrected chi connectivity index (χ2v) is 7.05. The van der Waals surface area contributed by atoms with Gasteiger partial charge in [0, 0.05) is 16.4 Å². The normalized spacial score (nSPS) is 16.3. The van der Waals surface area contributed by atoms with Crippen LogP contribution in [0.25, 0.3) is 11.5 Å². The van der Waals surface area contributed by atoms with Crippen LogP contribution in [-0.2, 0) is 0 Å². The molecular weight excluding hydrogens is 328 g/mol. The number of hydrogen-bond donors (Lipinski definition) is 0. The number of halogens is 1. The zero-order valence-corrected chi connectivity index (χ0v) is 14.2. The van der Waals surface area contributed by atoms with E-state index in [1.807, 2.05) is 36.4 Å². The van der Waals surface area contributed by atoms with Crippen molar-refractivity contribution in [2.24, 2.45) is 4.99 Å². The Kier molecular flexibility index (Phi) is 4.10. The van der Waals surface area contributed by atoms with E-state index in [-0.39, 0.29) is 0 Å². The SMILES string of the molecule is Clc1ccc(N=c2scc(-c3ccco3)n2C2CCCC2)cc1. The largest absolute Gasteiger partial charge is 0.463 e. The average Bonchev–Trinajstić information content (AvgIpc) is 3.30. The maximum atomic E-state index is 5.96. The summed E-state index contributed by atoms with van der Waals surface area (Å²) >= 11 is 7.63. The highest BCUT2D eigenvalue weighted by Crippen LogP contribution is 2.33. The zero-order chi connectivity index (χ0) is 15.6. The van der Waals surface area contributed by atoms with Gasteiger partial charge in [-0.05, 0) is 49.2 Å². The van der Waals surface area contributed by atoms with Gasteiger partial charge in [-0.1, -0.05) is 24.4 Å². The van der Waals surface area contributed by atoms with E-state index >= 15 is 0 Å². The molecule has 1 aromatic carbocycles. The molecule has 1 aliphatic rings. The number of benzene rings is 1. The molecule has 0 saturated heterocycles. The molecule has 4 rings (SSSR count). The van der Waals surface area contributed by atoms with Gasteiger partial charge in [0.1, 0.15) is 0 Å². The third kappa shape index (κ3) is 3.01. The third-order valence-electron chi connectivity index (χ3n) is 4.26. The lowest BCUT2D eigenvalue weighted by Crippen LogP contribution is -2.19. The number of furan rings is 1. The Labute approximate surface area is 143 Å². The fourth-order valence-corrected chi connectivity index (χ4v) is 4.24. The molecule has 0 bridgehead atoms. The molecule has 2 heterocycles. The molecule has 1 fully saturated rings. The summed E-state index contributed by atoms with van der Waals surface area (Å²) in [6, 6.07) is 12.1. The first kappa shape index (κ1) is 14.8. The summed E-state index contributed by atoms with van der Waals surface area (Å²) in [5.41, 5.74) is 2.05. The number of hydrogen-bond acceptors (Lipinski definition) is 3. The summed E-state index contributed by atoms with van der Waals surface area (Å²) in [4.78, 5) is 5.86. The topological polar surface area (TPSA) is 30.4 Å². The Hall–Kier alpha value is -1.78. The summed E-state index contributed by atoms with van der Waals surface area (Å²) in [5.74, 6) is 0.908. The molecule has 0 amide bonds. The van der Waals surface area contributed by atoms with Crippen molar-refractivity contribution in [1.29, 1.82) is 0 Å². The molecule has 0 aliphatic heterocycles. The first-order chi connectivity index (χ1) is 11.3. The van der Waals surface area contributed by atoms with Gasteiger partial charge in [-0.2, -0.15) is 0 Å². The van der Waals surface area contributed by atoms with Gasteiger partial charge < -0.3 is 8.98 Å². The Balaban J connectivity index is 1.84. The number of rotatable bonds is 3. The molecule has 0 unspecified atom stereocenters. The van der Waals surface area contributed by atoms with Crippen molar-refractivity contribution in [3.63, 3.8) is 0 Å². The van der Waals surface area contributed by atoms with E-state index < -0.39 is 0 Å². The van der Waals surface area contributed by atoms with Gasteiger partial charge in [-0.25, -0.2) is 4.99 Å². The summed E-state index contributed by atoms with van der Waals surface area (Å²) < 4.78 is 7.98. The predicted octanol–water partition coefficient (Wildman–Crippen LogP) is 5.81. The molecule has 3 aromatic rings. The molecule has 0 N–H and O–H groups in total. The van der Waals surface area contributed by atoms with Crippen LogP contribution < -0.4 is 4.80 Å². The lowest BCUT2D eigenvalue weighted by atomic mass is 10.2. The number of aromatic nitrogens is 1. The summed E-state index contributed by atoms with van der Waals surface area (Å²) in [6.07, 6.45) is 6.70. The van der Waals surface area contributed by atoms with Gasteiger partial charge in [-0.3, -0.25) is 0 Å². The highest BCUT2D eigenvalue weighted by molar-refractivity contribution is 7.07. The zero-order valence-electron chi connectivity index (χ0n) is 12.6. The molecule has 5 heteroatoms. The monoisotopic (exact) mass is 344 g/mol. The van der Waals surface area contributed by atoms with Crippen LogP contribution >= 0.6 is 22.9 Å². The van der Waals surface area contributed by atoms with E-state index in [1.54, 1.807) is 17.6 Å². The summed E-state index contributed by atoms with van der Waals surface area (Å²) in [5, 5.41) is 2.88. The lowest BCUT2D eigenvalue weighted by molar-refractivity contribution is 0.499. The van der Waals surface area contributed by atoms with E-state index in [4.69, 9.17) is 21.0 Å². The van der Waals surface area contributed by atoms with Crippen LogP contribution in [-0.4, -0.2) is 4.57 Å². The van der Waals surface area contributed by atoms with Crippen LogP contribution in [0.15, 0.2) is 57.5 Å². The van der Waals surface area contributed by atoms with E-state index in [0.29, 0.717) is 6.04 Å². The third-order valence-corrected chi connectivity index (χ3v) is 5.35. The highest BCUT2D eigenvalue weighted by atomic mass is 35.5. The van der Waals surface area contributed by atoms with Crippen LogP contribution in [0.2, 0.25) is 5.02 Å². The summed E-state index contributed by atoms with van der Waals surface area (Å²) in [7, 11) is 0. The molecule has 23 heavy (non-hydrogen) atoms. The second kappa shape index (κ2) is 6.38. The van der Waals surface area contributed by atoms with Gasteiger partial charge in [-0.15, -0.1) is 11.3 Å². The van der Waals surface area contributed by atoms with Crippen LogP contribution in [0.4, 0.5) is 5.69 Å². The quantitative estimate of drug-likeness (QED) is 0.589. The van der Waals surface area contributed by atoms with Crippen LogP contribution in [0.1, 0.15) is 31.7 Å². The second-order valence-electron chi connectivity index (χ2n) is 5.78. The molecule has 3 nitrogen and oxygen atoms in total. The van der Waals surface area contributed by atoms with Crippen LogP contribution in [0, 0.1) is 0 Å². The van der Waals surface area contributed by atoms with Crippen molar-refractivity contribution < 1.29 is 4.42 Å². The van der Waals surface area contributed by atoms with Crippen molar-refractivity contribution >= 4 is 28.6 Å². The summed E-state index contributed by atoms with van der Waals surface area (Å²) in [6.45, 7) is 0. The number of thiazole rings is 1. The van der Waals surface area contributed by atoms with Gasteiger partial charge in [0.15, 0.2) is 10.6 Å². The van der Waals surface area contributed by atoms with Gasteiger partial charge in [0.05, 0.1) is 17.6 Å². The minimum absolute atomic E-state index is 0.507. The molecule has 1 saturated carbocycles. The molecule has 2 aromatic heterocycles. The van der Waals surface area contributed by atoms with Crippen molar-refractivity contribution in [3.8, 4) is 11.5 Å². The average molecular weight is 345 g/mol. The predicted molar refractivity (Wildman–Crippen MR) is 94.2 cm³/mol. The smallest absolute Gasteiger partial charge is 0.190 e. The molecule has 0 atom stereocenters. The molecule has 0 spiro atoms. The first-order valence-electron chi connectivity index (χ1n) is 7.85. The maximum Gasteiger partial charge on any atom is 0.190 e. The van der Waals surface area contributed by atoms with Crippen molar-refractivity contribution in [2.75, 3.05) is 0 Å². The van der Waals surface area contributed by atoms with Gasteiger partial charge in [0.25, 0.3) is 0 Å². The van der Waals surface area contributed by atoms with E-state index in [9.17, 15) is 0 Å². The molecular formula is C18H17ClN2OS. The highest BCUT2D eigenvalue weighted by Gasteiger charge is 2.22. The van der Waals surface area contributed by atoms with Crippen molar-refractivity contribution in [1.82, 2.24) is 4.57 Å². The molecule has 0 radical (unpaired) electrons.